The van der Waals surface area contributed by atoms with E-state index >= 15 is 0 Å². The number of nitrogens with zero attached hydrogens (tertiary/aromatic N) is 3. The van der Waals surface area contributed by atoms with Gasteiger partial charge in [0.25, 0.3) is 5.91 Å². The van der Waals surface area contributed by atoms with Gasteiger partial charge < -0.3 is 14.5 Å². The number of piperazine rings is 1. The largest absolute Gasteiger partial charge is 0.465 e. The molecule has 0 aliphatic carbocycles. The van der Waals surface area contributed by atoms with Crippen molar-refractivity contribution >= 4 is 23.5 Å². The number of ether oxygens (including phenoxy) is 1. The van der Waals surface area contributed by atoms with Crippen molar-refractivity contribution in [1.82, 2.24) is 9.80 Å². The van der Waals surface area contributed by atoms with Gasteiger partial charge in [0.05, 0.1) is 24.3 Å². The first kappa shape index (κ1) is 25.2. The predicted octanol–water partition coefficient (Wildman–Crippen LogP) is 3.06. The standard InChI is InChI=1S/C24H26F3N3O4/c1-2-34-22(32)17-30(18-8-4-3-5-9-18)21(31)16-28-12-14-29(15-13-28)23(33)19-10-6-7-11-20(19)24(25,26)27/h3-11H,2,12-17H2,1H3. The van der Waals surface area contributed by atoms with E-state index in [1.807, 2.05) is 4.90 Å². The fraction of sp³-hybridized carbons (Fsp3) is 0.375. The lowest BCUT2D eigenvalue weighted by Gasteiger charge is -2.35. The zero-order valence-corrected chi connectivity index (χ0v) is 18.8. The van der Waals surface area contributed by atoms with E-state index < -0.39 is 23.6 Å². The molecular weight excluding hydrogens is 451 g/mol. The van der Waals surface area contributed by atoms with Gasteiger partial charge in [0.15, 0.2) is 0 Å². The normalized spacial score (nSPS) is 14.5. The lowest BCUT2D eigenvalue weighted by Crippen LogP contribution is -2.52. The maximum absolute atomic E-state index is 13.3. The van der Waals surface area contributed by atoms with Crippen LogP contribution in [0.5, 0.6) is 0 Å². The Bertz CT molecular complexity index is 1010. The van der Waals surface area contributed by atoms with Gasteiger partial charge in [-0.1, -0.05) is 30.3 Å². The van der Waals surface area contributed by atoms with Crippen LogP contribution in [0.4, 0.5) is 18.9 Å². The quantitative estimate of drug-likeness (QED) is 0.574. The summed E-state index contributed by atoms with van der Waals surface area (Å²) in [5.74, 6) is -1.54. The Morgan fingerprint density at radius 1 is 0.941 bits per heavy atom. The van der Waals surface area contributed by atoms with Crippen LogP contribution in [0, 0.1) is 0 Å². The first-order valence-corrected chi connectivity index (χ1v) is 10.9. The first-order valence-electron chi connectivity index (χ1n) is 10.9. The minimum Gasteiger partial charge on any atom is -0.465 e. The van der Waals surface area contributed by atoms with Crippen molar-refractivity contribution in [2.75, 3.05) is 50.8 Å². The second kappa shape index (κ2) is 11.1. The molecule has 0 radical (unpaired) electrons. The van der Waals surface area contributed by atoms with E-state index in [0.717, 1.165) is 6.07 Å². The molecule has 34 heavy (non-hydrogen) atoms. The number of anilines is 1. The Balaban J connectivity index is 1.63. The number of hydrogen-bond donors (Lipinski definition) is 0. The molecule has 2 aromatic rings. The third-order valence-corrected chi connectivity index (χ3v) is 5.44. The molecule has 1 aliphatic heterocycles. The highest BCUT2D eigenvalue weighted by atomic mass is 19.4. The molecule has 10 heteroatoms. The molecule has 3 rings (SSSR count). The van der Waals surface area contributed by atoms with Gasteiger partial charge in [0.1, 0.15) is 6.54 Å². The molecule has 182 valence electrons. The van der Waals surface area contributed by atoms with Gasteiger partial charge >= 0.3 is 12.1 Å². The SMILES string of the molecule is CCOC(=O)CN(C(=O)CN1CCN(C(=O)c2ccccc2C(F)(F)F)CC1)c1ccccc1. The maximum Gasteiger partial charge on any atom is 0.417 e. The monoisotopic (exact) mass is 477 g/mol. The van der Waals surface area contributed by atoms with Crippen molar-refractivity contribution in [2.24, 2.45) is 0 Å². The fourth-order valence-electron chi connectivity index (χ4n) is 3.74. The average molecular weight is 477 g/mol. The topological polar surface area (TPSA) is 70.2 Å². The summed E-state index contributed by atoms with van der Waals surface area (Å²) >= 11 is 0. The molecule has 7 nitrogen and oxygen atoms in total. The molecule has 0 N–H and O–H groups in total. The van der Waals surface area contributed by atoms with E-state index in [9.17, 15) is 27.6 Å². The van der Waals surface area contributed by atoms with Crippen molar-refractivity contribution in [1.29, 1.82) is 0 Å². The van der Waals surface area contributed by atoms with Gasteiger partial charge in [-0.3, -0.25) is 19.3 Å². The second-order valence-corrected chi connectivity index (χ2v) is 7.73. The molecular formula is C24H26F3N3O4. The van der Waals surface area contributed by atoms with Gasteiger partial charge in [-0.05, 0) is 31.2 Å². The molecule has 0 bridgehead atoms. The van der Waals surface area contributed by atoms with Crippen LogP contribution < -0.4 is 4.90 Å². The Hall–Kier alpha value is -3.40. The average Bonchev–Trinajstić information content (AvgIpc) is 2.82. The predicted molar refractivity (Wildman–Crippen MR) is 119 cm³/mol. The summed E-state index contributed by atoms with van der Waals surface area (Å²) in [5, 5.41) is 0. The summed E-state index contributed by atoms with van der Waals surface area (Å²) in [7, 11) is 0. The molecule has 0 unspecified atom stereocenters. The third-order valence-electron chi connectivity index (χ3n) is 5.44. The number of esters is 1. The van der Waals surface area contributed by atoms with E-state index in [2.05, 4.69) is 0 Å². The number of para-hydroxylation sites is 1. The Labute approximate surface area is 195 Å². The first-order chi connectivity index (χ1) is 16.2. The number of carbonyl (C=O) groups excluding carboxylic acids is 3. The van der Waals surface area contributed by atoms with Crippen LogP contribution in [0.25, 0.3) is 0 Å². The van der Waals surface area contributed by atoms with Crippen molar-refractivity contribution in [2.45, 2.75) is 13.1 Å². The summed E-state index contributed by atoms with van der Waals surface area (Å²) in [6.45, 7) is 2.63. The van der Waals surface area contributed by atoms with Crippen molar-refractivity contribution < 1.29 is 32.3 Å². The second-order valence-electron chi connectivity index (χ2n) is 7.73. The summed E-state index contributed by atoms with van der Waals surface area (Å²) in [6.07, 6.45) is -4.62. The highest BCUT2D eigenvalue weighted by Gasteiger charge is 2.36. The van der Waals surface area contributed by atoms with Crippen LogP contribution >= 0.6 is 0 Å². The molecule has 1 heterocycles. The zero-order valence-electron chi connectivity index (χ0n) is 18.8. The molecule has 0 spiro atoms. The van der Waals surface area contributed by atoms with Crippen LogP contribution in [0.2, 0.25) is 0 Å². The number of rotatable bonds is 7. The van der Waals surface area contributed by atoms with Crippen molar-refractivity contribution in [3.8, 4) is 0 Å². The zero-order chi connectivity index (χ0) is 24.7. The van der Waals surface area contributed by atoms with E-state index in [4.69, 9.17) is 4.74 Å². The minimum absolute atomic E-state index is 0.00450. The summed E-state index contributed by atoms with van der Waals surface area (Å²) in [6, 6.07) is 13.4. The summed E-state index contributed by atoms with van der Waals surface area (Å²) < 4.78 is 44.8. The maximum atomic E-state index is 13.3. The van der Waals surface area contributed by atoms with Crippen molar-refractivity contribution in [3.63, 3.8) is 0 Å². The van der Waals surface area contributed by atoms with Crippen LogP contribution in [-0.4, -0.2) is 73.5 Å². The minimum atomic E-state index is -4.62. The lowest BCUT2D eigenvalue weighted by molar-refractivity contribution is -0.142. The van der Waals surface area contributed by atoms with E-state index in [0.29, 0.717) is 18.8 Å². The molecule has 2 amide bonds. The summed E-state index contributed by atoms with van der Waals surface area (Å²) in [4.78, 5) is 42.3. The van der Waals surface area contributed by atoms with E-state index in [-0.39, 0.29) is 44.3 Å². The third kappa shape index (κ3) is 6.34. The molecule has 0 saturated carbocycles. The number of hydrogen-bond acceptors (Lipinski definition) is 5. The molecule has 1 aliphatic rings. The molecule has 1 saturated heterocycles. The van der Waals surface area contributed by atoms with Gasteiger partial charge in [0, 0.05) is 31.9 Å². The molecule has 0 atom stereocenters. The Morgan fingerprint density at radius 2 is 1.56 bits per heavy atom. The van der Waals surface area contributed by atoms with Crippen LogP contribution in [-0.2, 0) is 20.5 Å². The molecule has 2 aromatic carbocycles. The van der Waals surface area contributed by atoms with Gasteiger partial charge in [0.2, 0.25) is 5.91 Å². The number of amides is 2. The summed E-state index contributed by atoms with van der Waals surface area (Å²) in [5.41, 5.74) is -0.794. The number of halogens is 3. The highest BCUT2D eigenvalue weighted by Crippen LogP contribution is 2.32. The number of carbonyl (C=O) groups is 3. The van der Waals surface area contributed by atoms with Gasteiger partial charge in [-0.25, -0.2) is 0 Å². The number of alkyl halides is 3. The van der Waals surface area contributed by atoms with Crippen LogP contribution in [0.15, 0.2) is 54.6 Å². The van der Waals surface area contributed by atoms with Crippen molar-refractivity contribution in [3.05, 3.63) is 65.7 Å². The van der Waals surface area contributed by atoms with E-state index in [1.54, 1.807) is 37.3 Å². The lowest BCUT2D eigenvalue weighted by atomic mass is 10.1. The van der Waals surface area contributed by atoms with Gasteiger partial charge in [-0.15, -0.1) is 0 Å². The molecule has 1 fully saturated rings. The smallest absolute Gasteiger partial charge is 0.417 e. The Kier molecular flexibility index (Phi) is 8.27. The van der Waals surface area contributed by atoms with Crippen LogP contribution in [0.3, 0.4) is 0 Å². The van der Waals surface area contributed by atoms with Gasteiger partial charge in [-0.2, -0.15) is 13.2 Å². The number of benzene rings is 2. The molecule has 0 aromatic heterocycles. The Morgan fingerprint density at radius 3 is 2.18 bits per heavy atom. The van der Waals surface area contributed by atoms with Crippen LogP contribution in [0.1, 0.15) is 22.8 Å². The highest BCUT2D eigenvalue weighted by molar-refractivity contribution is 5.99. The van der Waals surface area contributed by atoms with E-state index in [1.165, 1.54) is 28.0 Å². The fourth-order valence-corrected chi connectivity index (χ4v) is 3.74.